The predicted octanol–water partition coefficient (Wildman–Crippen LogP) is 2.00. The molecule has 1 aliphatic rings. The lowest BCUT2D eigenvalue weighted by molar-refractivity contribution is -0.121. The zero-order valence-corrected chi connectivity index (χ0v) is 14.6. The van der Waals surface area contributed by atoms with Crippen molar-refractivity contribution in [2.45, 2.75) is 13.0 Å². The Morgan fingerprint density at radius 1 is 1.32 bits per heavy atom. The molecular weight excluding hydrogens is 340 g/mol. The van der Waals surface area contributed by atoms with Gasteiger partial charge in [0.2, 0.25) is 5.91 Å². The molecule has 0 aromatic carbocycles. The van der Waals surface area contributed by atoms with Gasteiger partial charge >= 0.3 is 0 Å². The number of amides is 2. The number of anilines is 1. The highest BCUT2D eigenvalue weighted by Gasteiger charge is 2.29. The minimum Gasteiger partial charge on any atom is -0.459 e. The number of nitrogens with zero attached hydrogens (tertiary/aromatic N) is 3. The largest absolute Gasteiger partial charge is 0.459 e. The summed E-state index contributed by atoms with van der Waals surface area (Å²) in [6.45, 7) is 4.13. The van der Waals surface area contributed by atoms with E-state index in [-0.39, 0.29) is 17.9 Å². The summed E-state index contributed by atoms with van der Waals surface area (Å²) in [7, 11) is 0. The first-order valence-electron chi connectivity index (χ1n) is 7.95. The Bertz CT molecular complexity index is 785. The van der Waals surface area contributed by atoms with Crippen LogP contribution in [0.25, 0.3) is 0 Å². The van der Waals surface area contributed by atoms with Crippen molar-refractivity contribution in [2.75, 3.05) is 31.5 Å². The summed E-state index contributed by atoms with van der Waals surface area (Å²) < 4.78 is 5.15. The molecule has 1 aliphatic heterocycles. The number of piperazine rings is 1. The van der Waals surface area contributed by atoms with Crippen LogP contribution >= 0.6 is 11.3 Å². The number of thiophene rings is 1. The Balaban J connectivity index is 1.54. The number of carbonyl (C=O) groups excluding carboxylic acids is 2. The number of hydrogen-bond donors (Lipinski definition) is 1. The number of carbonyl (C=O) groups is 2. The Kier molecular flexibility index (Phi) is 5.16. The SMILES string of the molecule is C[C@H](C(=O)Nc1sccc1C#N)N1CCN(C(=O)c2ccco2)CC1. The van der Waals surface area contributed by atoms with Gasteiger partial charge in [-0.1, -0.05) is 0 Å². The standard InChI is InChI=1S/C17H18N4O3S/c1-12(15(22)19-16-13(11-18)4-10-25-16)20-5-7-21(8-6-20)17(23)14-3-2-9-24-14/h2-4,9-10,12H,5-8H2,1H3,(H,19,22)/t12-/m1/s1. The van der Waals surface area contributed by atoms with E-state index in [4.69, 9.17) is 9.68 Å². The molecule has 0 spiro atoms. The zero-order valence-electron chi connectivity index (χ0n) is 13.8. The highest BCUT2D eigenvalue weighted by molar-refractivity contribution is 7.14. The first-order valence-corrected chi connectivity index (χ1v) is 8.83. The van der Waals surface area contributed by atoms with Gasteiger partial charge in [0, 0.05) is 26.2 Å². The fraction of sp³-hybridized carbons (Fsp3) is 0.353. The Labute approximate surface area is 149 Å². The van der Waals surface area contributed by atoms with Crippen LogP contribution in [0.5, 0.6) is 0 Å². The van der Waals surface area contributed by atoms with Gasteiger partial charge in [-0.3, -0.25) is 14.5 Å². The predicted molar refractivity (Wildman–Crippen MR) is 93.3 cm³/mol. The van der Waals surface area contributed by atoms with Gasteiger partial charge in [-0.25, -0.2) is 0 Å². The third-order valence-corrected chi connectivity index (χ3v) is 5.11. The molecular formula is C17H18N4O3S. The van der Waals surface area contributed by atoms with E-state index in [0.29, 0.717) is 42.5 Å². The lowest BCUT2D eigenvalue weighted by Gasteiger charge is -2.37. The van der Waals surface area contributed by atoms with Crippen LogP contribution in [0.15, 0.2) is 34.3 Å². The number of furan rings is 1. The van der Waals surface area contributed by atoms with Crippen LogP contribution in [0.4, 0.5) is 5.00 Å². The van der Waals surface area contributed by atoms with Gasteiger partial charge in [-0.05, 0) is 30.5 Å². The van der Waals surface area contributed by atoms with E-state index in [0.717, 1.165) is 0 Å². The molecule has 1 atom stereocenters. The molecule has 1 saturated heterocycles. The maximum atomic E-state index is 12.4. The first-order chi connectivity index (χ1) is 12.1. The summed E-state index contributed by atoms with van der Waals surface area (Å²) in [6, 6.07) is 6.75. The van der Waals surface area contributed by atoms with Gasteiger partial charge in [0.15, 0.2) is 5.76 Å². The molecule has 0 bridgehead atoms. The fourth-order valence-electron chi connectivity index (χ4n) is 2.74. The second-order valence-electron chi connectivity index (χ2n) is 5.75. The summed E-state index contributed by atoms with van der Waals surface area (Å²) in [5.41, 5.74) is 0.472. The van der Waals surface area contributed by atoms with Crippen LogP contribution in [-0.4, -0.2) is 53.8 Å². The van der Waals surface area contributed by atoms with Crippen molar-refractivity contribution in [3.05, 3.63) is 41.2 Å². The molecule has 2 amide bonds. The molecule has 130 valence electrons. The van der Waals surface area contributed by atoms with Crippen molar-refractivity contribution >= 4 is 28.2 Å². The summed E-state index contributed by atoms with van der Waals surface area (Å²) in [5.74, 6) is 0.0599. The summed E-state index contributed by atoms with van der Waals surface area (Å²) in [6.07, 6.45) is 1.48. The van der Waals surface area contributed by atoms with Crippen molar-refractivity contribution in [3.63, 3.8) is 0 Å². The molecule has 0 aliphatic carbocycles. The first kappa shape index (κ1) is 17.2. The van der Waals surface area contributed by atoms with E-state index in [1.807, 2.05) is 11.8 Å². The van der Waals surface area contributed by atoms with Gasteiger partial charge in [0.25, 0.3) is 5.91 Å². The van der Waals surface area contributed by atoms with E-state index in [9.17, 15) is 9.59 Å². The molecule has 3 heterocycles. The smallest absolute Gasteiger partial charge is 0.289 e. The molecule has 2 aromatic heterocycles. The molecule has 0 radical (unpaired) electrons. The number of nitriles is 1. The third-order valence-electron chi connectivity index (χ3n) is 4.28. The Morgan fingerprint density at radius 3 is 2.72 bits per heavy atom. The maximum absolute atomic E-state index is 12.4. The van der Waals surface area contributed by atoms with Crippen molar-refractivity contribution in [1.29, 1.82) is 5.26 Å². The van der Waals surface area contributed by atoms with E-state index in [2.05, 4.69) is 11.4 Å². The second kappa shape index (κ2) is 7.51. The lowest BCUT2D eigenvalue weighted by Crippen LogP contribution is -2.54. The van der Waals surface area contributed by atoms with Crippen LogP contribution in [0.2, 0.25) is 0 Å². The Morgan fingerprint density at radius 2 is 2.08 bits per heavy atom. The number of rotatable bonds is 4. The topological polar surface area (TPSA) is 89.6 Å². The molecule has 0 saturated carbocycles. The van der Waals surface area contributed by atoms with Gasteiger partial charge in [0.05, 0.1) is 17.9 Å². The van der Waals surface area contributed by atoms with Crippen molar-refractivity contribution in [2.24, 2.45) is 0 Å². The monoisotopic (exact) mass is 358 g/mol. The summed E-state index contributed by atoms with van der Waals surface area (Å²) >= 11 is 1.33. The highest BCUT2D eigenvalue weighted by Crippen LogP contribution is 2.22. The molecule has 1 fully saturated rings. The van der Waals surface area contributed by atoms with Crippen LogP contribution in [0.1, 0.15) is 23.0 Å². The molecule has 0 unspecified atom stereocenters. The van der Waals surface area contributed by atoms with Gasteiger partial charge < -0.3 is 14.6 Å². The fourth-order valence-corrected chi connectivity index (χ4v) is 3.49. The highest BCUT2D eigenvalue weighted by atomic mass is 32.1. The van der Waals surface area contributed by atoms with Crippen molar-refractivity contribution < 1.29 is 14.0 Å². The zero-order chi connectivity index (χ0) is 17.8. The minimum absolute atomic E-state index is 0.126. The van der Waals surface area contributed by atoms with Crippen LogP contribution in [0.3, 0.4) is 0 Å². The van der Waals surface area contributed by atoms with Crippen LogP contribution in [-0.2, 0) is 4.79 Å². The molecule has 7 nitrogen and oxygen atoms in total. The third kappa shape index (κ3) is 3.73. The van der Waals surface area contributed by atoms with Crippen molar-refractivity contribution in [3.8, 4) is 6.07 Å². The van der Waals surface area contributed by atoms with Gasteiger partial charge in [-0.2, -0.15) is 5.26 Å². The number of hydrogen-bond acceptors (Lipinski definition) is 6. The molecule has 25 heavy (non-hydrogen) atoms. The van der Waals surface area contributed by atoms with Crippen LogP contribution in [0, 0.1) is 11.3 Å². The summed E-state index contributed by atoms with van der Waals surface area (Å²) in [4.78, 5) is 28.4. The van der Waals surface area contributed by atoms with E-state index < -0.39 is 0 Å². The normalized spacial score (nSPS) is 16.2. The number of nitrogens with one attached hydrogen (secondary N) is 1. The maximum Gasteiger partial charge on any atom is 0.289 e. The quantitative estimate of drug-likeness (QED) is 0.903. The van der Waals surface area contributed by atoms with Crippen LogP contribution < -0.4 is 5.32 Å². The minimum atomic E-state index is -0.338. The van der Waals surface area contributed by atoms with E-state index in [1.165, 1.54) is 17.6 Å². The summed E-state index contributed by atoms with van der Waals surface area (Å²) in [5, 5.41) is 14.2. The van der Waals surface area contributed by atoms with E-state index >= 15 is 0 Å². The molecule has 3 rings (SSSR count). The average Bonchev–Trinajstić information content (AvgIpc) is 3.32. The van der Waals surface area contributed by atoms with Gasteiger partial charge in [-0.15, -0.1) is 11.3 Å². The van der Waals surface area contributed by atoms with Crippen molar-refractivity contribution in [1.82, 2.24) is 9.80 Å². The average molecular weight is 358 g/mol. The molecule has 2 aromatic rings. The lowest BCUT2D eigenvalue weighted by atomic mass is 10.2. The molecule has 8 heteroatoms. The Hall–Kier alpha value is -2.63. The second-order valence-corrected chi connectivity index (χ2v) is 6.66. The van der Waals surface area contributed by atoms with E-state index in [1.54, 1.807) is 28.5 Å². The molecule has 1 N–H and O–H groups in total. The van der Waals surface area contributed by atoms with Gasteiger partial charge in [0.1, 0.15) is 11.1 Å².